The first-order valence-corrected chi connectivity index (χ1v) is 8.80. The minimum atomic E-state index is 0.168. The lowest BCUT2D eigenvalue weighted by atomic mass is 9.89. The van der Waals surface area contributed by atoms with Crippen molar-refractivity contribution in [2.75, 3.05) is 19.4 Å². The SMILES string of the molecule is Cc1ccc(CN(C)C)cc1NC(=O)CC1CC2CCC(C1)N2. The summed E-state index contributed by atoms with van der Waals surface area (Å²) in [5.74, 6) is 0.709. The topological polar surface area (TPSA) is 44.4 Å². The maximum Gasteiger partial charge on any atom is 0.224 e. The first kappa shape index (κ1) is 16.5. The van der Waals surface area contributed by atoms with Gasteiger partial charge in [-0.15, -0.1) is 0 Å². The Hall–Kier alpha value is -1.39. The smallest absolute Gasteiger partial charge is 0.224 e. The molecule has 2 aliphatic rings. The highest BCUT2D eigenvalue weighted by Crippen LogP contribution is 2.33. The molecule has 3 rings (SSSR count). The molecular weight excluding hydrogens is 286 g/mol. The second kappa shape index (κ2) is 7.02. The van der Waals surface area contributed by atoms with Crippen molar-refractivity contribution >= 4 is 11.6 Å². The van der Waals surface area contributed by atoms with E-state index in [4.69, 9.17) is 0 Å². The van der Waals surface area contributed by atoms with Crippen molar-refractivity contribution < 1.29 is 4.79 Å². The van der Waals surface area contributed by atoms with Crippen LogP contribution in [0.5, 0.6) is 0 Å². The molecule has 2 unspecified atom stereocenters. The molecule has 2 N–H and O–H groups in total. The molecule has 0 aromatic heterocycles. The van der Waals surface area contributed by atoms with Gasteiger partial charge in [-0.2, -0.15) is 0 Å². The number of anilines is 1. The number of carbonyl (C=O) groups excluding carboxylic acids is 1. The number of nitrogens with zero attached hydrogens (tertiary/aromatic N) is 1. The quantitative estimate of drug-likeness (QED) is 0.878. The minimum Gasteiger partial charge on any atom is -0.326 e. The summed E-state index contributed by atoms with van der Waals surface area (Å²) in [7, 11) is 4.12. The van der Waals surface area contributed by atoms with Gasteiger partial charge in [-0.05, 0) is 69.8 Å². The number of piperidine rings is 1. The lowest BCUT2D eigenvalue weighted by molar-refractivity contribution is -0.117. The van der Waals surface area contributed by atoms with Crippen molar-refractivity contribution in [1.82, 2.24) is 10.2 Å². The number of hydrogen-bond acceptors (Lipinski definition) is 3. The highest BCUT2D eigenvalue weighted by atomic mass is 16.1. The van der Waals surface area contributed by atoms with Gasteiger partial charge < -0.3 is 15.5 Å². The fourth-order valence-corrected chi connectivity index (χ4v) is 4.07. The van der Waals surface area contributed by atoms with Crippen LogP contribution < -0.4 is 10.6 Å². The number of fused-ring (bicyclic) bond motifs is 2. The van der Waals surface area contributed by atoms with Gasteiger partial charge >= 0.3 is 0 Å². The van der Waals surface area contributed by atoms with Crippen LogP contribution in [0.2, 0.25) is 0 Å². The van der Waals surface area contributed by atoms with Crippen molar-refractivity contribution in [2.45, 2.75) is 57.7 Å². The van der Waals surface area contributed by atoms with Crippen LogP contribution in [-0.2, 0) is 11.3 Å². The van der Waals surface area contributed by atoms with Crippen LogP contribution in [0.25, 0.3) is 0 Å². The predicted octanol–water partition coefficient (Wildman–Crippen LogP) is 2.92. The molecule has 1 amide bonds. The summed E-state index contributed by atoms with van der Waals surface area (Å²) in [5, 5.41) is 6.78. The molecule has 0 aliphatic carbocycles. The van der Waals surface area contributed by atoms with Gasteiger partial charge in [0, 0.05) is 30.7 Å². The zero-order chi connectivity index (χ0) is 16.4. The Balaban J connectivity index is 1.59. The Bertz CT molecular complexity index is 558. The Morgan fingerprint density at radius 2 is 1.96 bits per heavy atom. The summed E-state index contributed by atoms with van der Waals surface area (Å²) in [6.45, 7) is 2.95. The lowest BCUT2D eigenvalue weighted by Crippen LogP contribution is -2.39. The van der Waals surface area contributed by atoms with E-state index in [9.17, 15) is 4.79 Å². The highest BCUT2D eigenvalue weighted by Gasteiger charge is 2.34. The van der Waals surface area contributed by atoms with E-state index in [-0.39, 0.29) is 5.91 Å². The van der Waals surface area contributed by atoms with E-state index in [1.165, 1.54) is 18.4 Å². The van der Waals surface area contributed by atoms with Crippen molar-refractivity contribution in [3.8, 4) is 0 Å². The van der Waals surface area contributed by atoms with E-state index in [1.54, 1.807) is 0 Å². The minimum absolute atomic E-state index is 0.168. The zero-order valence-electron chi connectivity index (χ0n) is 14.6. The van der Waals surface area contributed by atoms with Gasteiger partial charge in [0.05, 0.1) is 0 Å². The van der Waals surface area contributed by atoms with Gasteiger partial charge in [-0.25, -0.2) is 0 Å². The molecule has 1 aromatic rings. The molecule has 2 saturated heterocycles. The van der Waals surface area contributed by atoms with Gasteiger partial charge in [-0.1, -0.05) is 12.1 Å². The number of nitrogens with one attached hydrogen (secondary N) is 2. The van der Waals surface area contributed by atoms with Crippen LogP contribution in [0.3, 0.4) is 0 Å². The molecule has 2 aliphatic heterocycles. The summed E-state index contributed by atoms with van der Waals surface area (Å²) in [4.78, 5) is 14.6. The number of hydrogen-bond donors (Lipinski definition) is 2. The highest BCUT2D eigenvalue weighted by molar-refractivity contribution is 5.91. The second-order valence-electron chi connectivity index (χ2n) is 7.61. The van der Waals surface area contributed by atoms with E-state index < -0.39 is 0 Å². The van der Waals surface area contributed by atoms with Crippen molar-refractivity contribution in [3.05, 3.63) is 29.3 Å². The van der Waals surface area contributed by atoms with E-state index in [2.05, 4.69) is 54.8 Å². The van der Waals surface area contributed by atoms with Crippen LogP contribution in [0.1, 0.15) is 43.2 Å². The third-order valence-electron chi connectivity index (χ3n) is 5.12. The Kier molecular flexibility index (Phi) is 5.02. The molecule has 126 valence electrons. The summed E-state index contributed by atoms with van der Waals surface area (Å²) < 4.78 is 0. The van der Waals surface area contributed by atoms with Crippen molar-refractivity contribution in [1.29, 1.82) is 0 Å². The average Bonchev–Trinajstić information content (AvgIpc) is 2.81. The van der Waals surface area contributed by atoms with Gasteiger partial charge in [0.1, 0.15) is 0 Å². The number of rotatable bonds is 5. The van der Waals surface area contributed by atoms with E-state index in [1.807, 2.05) is 0 Å². The molecule has 0 spiro atoms. The predicted molar refractivity (Wildman–Crippen MR) is 94.5 cm³/mol. The molecule has 1 aromatic carbocycles. The molecule has 2 bridgehead atoms. The largest absolute Gasteiger partial charge is 0.326 e. The molecule has 0 radical (unpaired) electrons. The molecule has 2 atom stereocenters. The normalized spacial score (nSPS) is 26.5. The Labute approximate surface area is 139 Å². The van der Waals surface area contributed by atoms with Gasteiger partial charge in [-0.3, -0.25) is 4.79 Å². The van der Waals surface area contributed by atoms with E-state index in [0.29, 0.717) is 24.4 Å². The number of amides is 1. The molecule has 23 heavy (non-hydrogen) atoms. The summed E-state index contributed by atoms with van der Waals surface area (Å²) in [6.07, 6.45) is 5.54. The summed E-state index contributed by atoms with van der Waals surface area (Å²) >= 11 is 0. The van der Waals surface area contributed by atoms with Gasteiger partial charge in [0.15, 0.2) is 0 Å². The summed E-state index contributed by atoms with van der Waals surface area (Å²) in [5.41, 5.74) is 3.33. The van der Waals surface area contributed by atoms with Crippen LogP contribution in [0, 0.1) is 12.8 Å². The first-order chi connectivity index (χ1) is 11.0. The third kappa shape index (κ3) is 4.33. The molecule has 4 heteroatoms. The molecule has 2 fully saturated rings. The monoisotopic (exact) mass is 315 g/mol. The molecule has 2 heterocycles. The lowest BCUT2D eigenvalue weighted by Gasteiger charge is -2.28. The Morgan fingerprint density at radius 1 is 1.26 bits per heavy atom. The molecule has 0 saturated carbocycles. The molecular formula is C19H29N3O. The first-order valence-electron chi connectivity index (χ1n) is 8.80. The fourth-order valence-electron chi connectivity index (χ4n) is 4.07. The van der Waals surface area contributed by atoms with Crippen molar-refractivity contribution in [3.63, 3.8) is 0 Å². The second-order valence-corrected chi connectivity index (χ2v) is 7.61. The van der Waals surface area contributed by atoms with Gasteiger partial charge in [0.2, 0.25) is 5.91 Å². The maximum atomic E-state index is 12.5. The standard InChI is InChI=1S/C19H29N3O/c1-13-4-5-14(12-22(2)3)10-18(13)21-19(23)11-15-8-16-6-7-17(9-15)20-16/h4-5,10,15-17,20H,6-9,11-12H2,1-3H3,(H,21,23). The third-order valence-corrected chi connectivity index (χ3v) is 5.12. The zero-order valence-corrected chi connectivity index (χ0v) is 14.6. The fraction of sp³-hybridized carbons (Fsp3) is 0.632. The van der Waals surface area contributed by atoms with Crippen LogP contribution in [0.15, 0.2) is 18.2 Å². The van der Waals surface area contributed by atoms with Crippen molar-refractivity contribution in [2.24, 2.45) is 5.92 Å². The number of benzene rings is 1. The Morgan fingerprint density at radius 3 is 2.61 bits per heavy atom. The maximum absolute atomic E-state index is 12.5. The molecule has 4 nitrogen and oxygen atoms in total. The number of carbonyl (C=O) groups is 1. The van der Waals surface area contributed by atoms with Crippen LogP contribution in [-0.4, -0.2) is 37.0 Å². The van der Waals surface area contributed by atoms with E-state index >= 15 is 0 Å². The van der Waals surface area contributed by atoms with Crippen LogP contribution >= 0.6 is 0 Å². The van der Waals surface area contributed by atoms with Crippen LogP contribution in [0.4, 0.5) is 5.69 Å². The van der Waals surface area contributed by atoms with Gasteiger partial charge in [0.25, 0.3) is 0 Å². The number of aryl methyl sites for hydroxylation is 1. The van der Waals surface area contributed by atoms with E-state index in [0.717, 1.165) is 30.6 Å². The summed E-state index contributed by atoms with van der Waals surface area (Å²) in [6, 6.07) is 7.64. The average molecular weight is 315 g/mol.